The van der Waals surface area contributed by atoms with Crippen LogP contribution in [0.2, 0.25) is 0 Å². The lowest BCUT2D eigenvalue weighted by Crippen LogP contribution is -2.55. The molecule has 0 bridgehead atoms. The van der Waals surface area contributed by atoms with Crippen LogP contribution in [-0.2, 0) is 12.7 Å². The van der Waals surface area contributed by atoms with Gasteiger partial charge in [-0.15, -0.1) is 0 Å². The van der Waals surface area contributed by atoms with Crippen LogP contribution < -0.4 is 15.9 Å². The molecule has 1 saturated heterocycles. The van der Waals surface area contributed by atoms with Gasteiger partial charge >= 0.3 is 11.9 Å². The maximum Gasteiger partial charge on any atom is 0.416 e. The molecule has 1 unspecified atom stereocenters. The standard InChI is InChI=1S/C30H32F6N4OS/c1-17-13-39(14-18(2)37-17)27-24-11-21(30(34,35)36)12-25-26(24)40(28(41)38-27)15-20(19-3-5-22(31)6-4-19)16-42(25)23-7-9-29(32,33)10-8-23/h3-7,11-12,17-18,20,37,42H,8-10,13-16H2,1-2H3/t17-,18+,20-/m1/s1. The first-order valence-electron chi connectivity index (χ1n) is 14.1. The van der Waals surface area contributed by atoms with Gasteiger partial charge in [0.05, 0.1) is 11.1 Å². The van der Waals surface area contributed by atoms with E-state index >= 15 is 0 Å². The zero-order chi connectivity index (χ0) is 30.0. The van der Waals surface area contributed by atoms with Gasteiger partial charge in [-0.05, 0) is 60.8 Å². The smallest absolute Gasteiger partial charge is 0.353 e. The van der Waals surface area contributed by atoms with E-state index < -0.39 is 46.5 Å². The van der Waals surface area contributed by atoms with Gasteiger partial charge in [-0.1, -0.05) is 18.2 Å². The molecule has 2 aromatic carbocycles. The monoisotopic (exact) mass is 610 g/mol. The number of alkyl halides is 5. The second kappa shape index (κ2) is 10.6. The molecule has 1 aromatic heterocycles. The van der Waals surface area contributed by atoms with Gasteiger partial charge in [-0.25, -0.2) is 28.9 Å². The molecule has 6 rings (SSSR count). The number of hydrogen-bond acceptors (Lipinski definition) is 4. The van der Waals surface area contributed by atoms with Gasteiger partial charge in [0.25, 0.3) is 5.92 Å². The van der Waals surface area contributed by atoms with Crippen LogP contribution >= 0.6 is 10.9 Å². The highest BCUT2D eigenvalue weighted by Crippen LogP contribution is 2.56. The van der Waals surface area contributed by atoms with Crippen molar-refractivity contribution < 1.29 is 26.3 Å². The molecule has 12 heteroatoms. The van der Waals surface area contributed by atoms with E-state index in [0.717, 1.165) is 17.7 Å². The van der Waals surface area contributed by atoms with Crippen LogP contribution in [0.4, 0.5) is 32.2 Å². The maximum atomic E-state index is 14.4. The quantitative estimate of drug-likeness (QED) is 0.259. The Balaban J connectivity index is 1.63. The molecule has 0 saturated carbocycles. The van der Waals surface area contributed by atoms with E-state index in [4.69, 9.17) is 0 Å². The summed E-state index contributed by atoms with van der Waals surface area (Å²) in [6.45, 7) is 4.96. The minimum atomic E-state index is -4.68. The van der Waals surface area contributed by atoms with Crippen molar-refractivity contribution in [3.63, 3.8) is 0 Å². The van der Waals surface area contributed by atoms with Crippen LogP contribution in [-0.4, -0.2) is 46.4 Å². The van der Waals surface area contributed by atoms with Gasteiger partial charge in [-0.2, -0.15) is 18.2 Å². The van der Waals surface area contributed by atoms with Gasteiger partial charge < -0.3 is 10.2 Å². The third-order valence-corrected chi connectivity index (χ3v) is 11.2. The molecule has 1 fully saturated rings. The minimum absolute atomic E-state index is 0.0167. The number of thiol groups is 1. The Bertz CT molecular complexity index is 1590. The molecule has 1 N–H and O–H groups in total. The second-order valence-corrected chi connectivity index (χ2v) is 14.0. The van der Waals surface area contributed by atoms with E-state index in [0.29, 0.717) is 34.2 Å². The lowest BCUT2D eigenvalue weighted by atomic mass is 10.0. The summed E-state index contributed by atoms with van der Waals surface area (Å²) in [5.41, 5.74) is -0.330. The summed E-state index contributed by atoms with van der Waals surface area (Å²) in [6.07, 6.45) is -3.99. The Morgan fingerprint density at radius 2 is 1.74 bits per heavy atom. The molecule has 1 aliphatic carbocycles. The average Bonchev–Trinajstić information content (AvgIpc) is 3.08. The first-order valence-corrected chi connectivity index (χ1v) is 15.6. The molecular weight excluding hydrogens is 578 g/mol. The summed E-state index contributed by atoms with van der Waals surface area (Å²) in [5.74, 6) is -3.12. The van der Waals surface area contributed by atoms with Gasteiger partial charge in [0, 0.05) is 60.8 Å². The third kappa shape index (κ3) is 5.55. The van der Waals surface area contributed by atoms with E-state index in [1.165, 1.54) is 22.8 Å². The zero-order valence-electron chi connectivity index (χ0n) is 23.2. The highest BCUT2D eigenvalue weighted by molar-refractivity contribution is 8.20. The second-order valence-electron chi connectivity index (χ2n) is 11.7. The SMILES string of the molecule is C[C@@H]1CN(c2nc(=O)n3c4c(cc(C(F)(F)F)cc24)[SH](C2=CCC(F)(F)CC2)C[C@H](c2ccc(F)cc2)C3)C[C@H](C)N1. The number of benzene rings is 2. The fourth-order valence-electron chi connectivity index (χ4n) is 6.50. The van der Waals surface area contributed by atoms with Crippen LogP contribution in [0.1, 0.15) is 50.2 Å². The Morgan fingerprint density at radius 1 is 1.05 bits per heavy atom. The molecule has 0 radical (unpaired) electrons. The third-order valence-electron chi connectivity index (χ3n) is 8.39. The van der Waals surface area contributed by atoms with Crippen molar-refractivity contribution in [2.45, 2.75) is 74.7 Å². The van der Waals surface area contributed by atoms with Crippen molar-refractivity contribution in [3.05, 3.63) is 74.8 Å². The van der Waals surface area contributed by atoms with E-state index in [1.807, 2.05) is 18.7 Å². The number of anilines is 1. The van der Waals surface area contributed by atoms with Crippen molar-refractivity contribution >= 4 is 27.6 Å². The minimum Gasteiger partial charge on any atom is -0.353 e. The Kier molecular flexibility index (Phi) is 7.36. The topological polar surface area (TPSA) is 50.2 Å². The molecule has 0 amide bonds. The van der Waals surface area contributed by atoms with Crippen molar-refractivity contribution in [2.24, 2.45) is 0 Å². The summed E-state index contributed by atoms with van der Waals surface area (Å²) in [4.78, 5) is 21.0. The van der Waals surface area contributed by atoms with E-state index in [9.17, 15) is 31.1 Å². The fourth-order valence-corrected chi connectivity index (χ4v) is 9.49. The highest BCUT2D eigenvalue weighted by atomic mass is 32.2. The van der Waals surface area contributed by atoms with Gasteiger partial charge in [0.15, 0.2) is 0 Å². The Hall–Kier alpha value is -2.99. The van der Waals surface area contributed by atoms with E-state index in [1.54, 1.807) is 12.1 Å². The zero-order valence-corrected chi connectivity index (χ0v) is 24.1. The number of nitrogens with zero attached hydrogens (tertiary/aromatic N) is 3. The summed E-state index contributed by atoms with van der Waals surface area (Å²) in [6, 6.07) is 8.06. The molecule has 4 atom stereocenters. The van der Waals surface area contributed by atoms with Crippen LogP contribution in [0.3, 0.4) is 0 Å². The van der Waals surface area contributed by atoms with Crippen LogP contribution in [0.25, 0.3) is 10.9 Å². The Morgan fingerprint density at radius 3 is 2.36 bits per heavy atom. The lowest BCUT2D eigenvalue weighted by Gasteiger charge is -2.37. The summed E-state index contributed by atoms with van der Waals surface area (Å²) < 4.78 is 86.9. The molecular formula is C30H32F6N4OS. The highest BCUT2D eigenvalue weighted by Gasteiger charge is 2.38. The maximum absolute atomic E-state index is 14.4. The number of aromatic nitrogens is 2. The molecule has 226 valence electrons. The first-order chi connectivity index (χ1) is 19.8. The molecule has 0 spiro atoms. The number of halogens is 6. The summed E-state index contributed by atoms with van der Waals surface area (Å²) >= 11 is 0. The number of allylic oxidation sites excluding steroid dienone is 2. The van der Waals surface area contributed by atoms with Gasteiger partial charge in [0.1, 0.15) is 11.6 Å². The van der Waals surface area contributed by atoms with Crippen LogP contribution in [0, 0.1) is 5.82 Å². The first kappa shape index (κ1) is 29.1. The van der Waals surface area contributed by atoms with E-state index in [-0.39, 0.29) is 48.6 Å². The number of nitrogens with one attached hydrogen (secondary N) is 1. The number of hydrogen-bond donors (Lipinski definition) is 2. The molecule has 5 nitrogen and oxygen atoms in total. The van der Waals surface area contributed by atoms with Crippen molar-refractivity contribution in [2.75, 3.05) is 23.7 Å². The number of rotatable bonds is 3. The summed E-state index contributed by atoms with van der Waals surface area (Å²) in [7, 11) is -1.54. The summed E-state index contributed by atoms with van der Waals surface area (Å²) in [5, 5.41) is 3.62. The van der Waals surface area contributed by atoms with Crippen molar-refractivity contribution in [3.8, 4) is 0 Å². The average molecular weight is 611 g/mol. The van der Waals surface area contributed by atoms with Crippen molar-refractivity contribution in [1.29, 1.82) is 0 Å². The van der Waals surface area contributed by atoms with E-state index in [2.05, 4.69) is 10.3 Å². The van der Waals surface area contributed by atoms with Crippen molar-refractivity contribution in [1.82, 2.24) is 14.9 Å². The molecule has 3 aromatic rings. The number of piperazine rings is 1. The molecule has 2 aliphatic heterocycles. The molecule has 3 aliphatic rings. The largest absolute Gasteiger partial charge is 0.416 e. The van der Waals surface area contributed by atoms with Crippen LogP contribution in [0.5, 0.6) is 0 Å². The predicted octanol–water partition coefficient (Wildman–Crippen LogP) is 6.60. The predicted molar refractivity (Wildman–Crippen MR) is 153 cm³/mol. The van der Waals surface area contributed by atoms with Gasteiger partial charge in [-0.3, -0.25) is 4.57 Å². The Labute approximate surface area is 242 Å². The lowest BCUT2D eigenvalue weighted by molar-refractivity contribution is -0.137. The van der Waals surface area contributed by atoms with Crippen LogP contribution in [0.15, 0.2) is 57.1 Å². The van der Waals surface area contributed by atoms with Gasteiger partial charge in [0.2, 0.25) is 0 Å². The molecule has 3 heterocycles. The fraction of sp³-hybridized carbons (Fsp3) is 0.467. The molecule has 42 heavy (non-hydrogen) atoms. The normalized spacial score (nSPS) is 27.0.